The number of carboxylic acid groups (broad SMARTS) is 1. The minimum absolute atomic E-state index is 0.0581. The van der Waals surface area contributed by atoms with Gasteiger partial charge in [-0.05, 0) is 55.8 Å². The zero-order valence-corrected chi connectivity index (χ0v) is 26.5. The van der Waals surface area contributed by atoms with Crippen LogP contribution in [-0.4, -0.2) is 94.5 Å². The van der Waals surface area contributed by atoms with Crippen molar-refractivity contribution in [3.8, 4) is 17.0 Å². The van der Waals surface area contributed by atoms with E-state index < -0.39 is 29.1 Å². The predicted molar refractivity (Wildman–Crippen MR) is 166 cm³/mol. The van der Waals surface area contributed by atoms with Crippen molar-refractivity contribution in [2.45, 2.75) is 19.5 Å². The van der Waals surface area contributed by atoms with Gasteiger partial charge < -0.3 is 34.8 Å². The number of piperazine rings is 1. The number of imidazole rings is 1. The summed E-state index contributed by atoms with van der Waals surface area (Å²) in [5, 5.41) is 12.5. The van der Waals surface area contributed by atoms with Crippen LogP contribution in [0.1, 0.15) is 33.8 Å². The molecule has 17 heteroatoms. The molecule has 0 saturated carbocycles. The number of nitrogens with zero attached hydrogens (tertiary/aromatic N) is 4. The molecule has 3 N–H and O–H groups in total. The molecule has 5 rings (SSSR count). The van der Waals surface area contributed by atoms with Gasteiger partial charge in [-0.3, -0.25) is 19.2 Å². The average Bonchev–Trinajstić information content (AvgIpc) is 3.69. The summed E-state index contributed by atoms with van der Waals surface area (Å²) >= 11 is 12.5. The van der Waals surface area contributed by atoms with Gasteiger partial charge >= 0.3 is 6.61 Å². The first kappa shape index (κ1) is 35.5. The summed E-state index contributed by atoms with van der Waals surface area (Å²) in [6.45, 7) is -0.00216. The summed E-state index contributed by atoms with van der Waals surface area (Å²) in [6, 6.07) is 6.78. The molecule has 3 amide bonds. The molecule has 2 aliphatic heterocycles. The summed E-state index contributed by atoms with van der Waals surface area (Å²) in [5.74, 6) is -2.38. The molecule has 0 aliphatic carbocycles. The number of halogens is 5. The fourth-order valence-electron chi connectivity index (χ4n) is 5.33. The Hall–Kier alpha value is -4.34. The lowest BCUT2D eigenvalue weighted by atomic mass is 10.0. The molecule has 3 heterocycles. The summed E-state index contributed by atoms with van der Waals surface area (Å²) in [7, 11) is 1.50. The van der Waals surface area contributed by atoms with E-state index >= 15 is 0 Å². The third kappa shape index (κ3) is 8.53. The van der Waals surface area contributed by atoms with Gasteiger partial charge in [0.05, 0.1) is 27.5 Å². The first-order valence-electron chi connectivity index (χ1n) is 14.4. The molecule has 0 radical (unpaired) electrons. The van der Waals surface area contributed by atoms with Crippen molar-refractivity contribution in [2.75, 3.05) is 44.6 Å². The molecule has 2 saturated heterocycles. The number of hydrogen-bond donors (Lipinski definition) is 3. The fraction of sp³-hybridized carbons (Fsp3) is 0.367. The second kappa shape index (κ2) is 16.0. The molecule has 2 aliphatic rings. The summed E-state index contributed by atoms with van der Waals surface area (Å²) in [4.78, 5) is 54.7. The van der Waals surface area contributed by atoms with Gasteiger partial charge in [-0.25, -0.2) is 9.37 Å². The maximum atomic E-state index is 14.5. The number of anilines is 1. The number of aromatic nitrogens is 2. The van der Waals surface area contributed by atoms with Crippen LogP contribution in [0.2, 0.25) is 10.0 Å². The number of carbonyl (C=O) groups excluding carboxylic acids is 3. The number of hydrogen-bond acceptors (Lipinski definition) is 7. The van der Waals surface area contributed by atoms with Gasteiger partial charge in [-0.15, -0.1) is 0 Å². The van der Waals surface area contributed by atoms with Crippen molar-refractivity contribution in [3.63, 3.8) is 0 Å². The zero-order valence-electron chi connectivity index (χ0n) is 25.0. The molecule has 2 fully saturated rings. The number of rotatable bonds is 8. The molecule has 47 heavy (non-hydrogen) atoms. The van der Waals surface area contributed by atoms with Gasteiger partial charge in [-0.1, -0.05) is 23.2 Å². The monoisotopic (exact) mass is 698 g/mol. The Kier molecular flexibility index (Phi) is 12.1. The van der Waals surface area contributed by atoms with Crippen molar-refractivity contribution in [3.05, 3.63) is 63.8 Å². The van der Waals surface area contributed by atoms with Crippen LogP contribution in [0, 0.1) is 11.7 Å². The van der Waals surface area contributed by atoms with Crippen LogP contribution >= 0.6 is 23.2 Å². The van der Waals surface area contributed by atoms with E-state index in [1.807, 2.05) is 0 Å². The second-order valence-corrected chi connectivity index (χ2v) is 11.4. The normalized spacial score (nSPS) is 16.0. The molecule has 0 unspecified atom stereocenters. The van der Waals surface area contributed by atoms with Crippen molar-refractivity contribution in [1.29, 1.82) is 0 Å². The van der Waals surface area contributed by atoms with Gasteiger partial charge in [0.25, 0.3) is 18.3 Å². The molecular weight excluding hydrogens is 668 g/mol. The second-order valence-electron chi connectivity index (χ2n) is 10.6. The highest BCUT2D eigenvalue weighted by Gasteiger charge is 2.28. The van der Waals surface area contributed by atoms with Crippen molar-refractivity contribution >= 4 is 53.1 Å². The Bertz CT molecular complexity index is 1630. The molecule has 3 aromatic rings. The average molecular weight is 700 g/mol. The Morgan fingerprint density at radius 1 is 1.15 bits per heavy atom. The Labute approximate surface area is 277 Å². The molecular formula is C30H31Cl2F3N6O6. The maximum absolute atomic E-state index is 14.5. The van der Waals surface area contributed by atoms with Crippen LogP contribution in [0.25, 0.3) is 11.3 Å². The minimum Gasteiger partial charge on any atom is -0.483 e. The number of nitrogens with one attached hydrogen (secondary N) is 2. The lowest BCUT2D eigenvalue weighted by Crippen LogP contribution is -2.51. The van der Waals surface area contributed by atoms with Crippen LogP contribution in [0.5, 0.6) is 5.75 Å². The first-order chi connectivity index (χ1) is 22.4. The number of carbonyl (C=O) groups is 4. The van der Waals surface area contributed by atoms with Gasteiger partial charge in [0, 0.05) is 50.9 Å². The number of ether oxygens (including phenoxy) is 1. The van der Waals surface area contributed by atoms with E-state index in [1.54, 1.807) is 9.80 Å². The van der Waals surface area contributed by atoms with E-state index in [2.05, 4.69) is 20.4 Å². The quantitative estimate of drug-likeness (QED) is 0.294. The largest absolute Gasteiger partial charge is 0.483 e. The molecule has 252 valence electrons. The topological polar surface area (TPSA) is 146 Å². The van der Waals surface area contributed by atoms with Crippen LogP contribution in [0.3, 0.4) is 0 Å². The molecule has 1 atom stereocenters. The van der Waals surface area contributed by atoms with Crippen LogP contribution in [-0.2, 0) is 16.6 Å². The maximum Gasteiger partial charge on any atom is 0.387 e. The first-order valence-corrected chi connectivity index (χ1v) is 15.1. The number of alkyl halides is 2. The van der Waals surface area contributed by atoms with Crippen molar-refractivity contribution in [2.24, 2.45) is 13.0 Å². The molecule has 0 bridgehead atoms. The van der Waals surface area contributed by atoms with Gasteiger partial charge in [0.2, 0.25) is 5.91 Å². The summed E-state index contributed by atoms with van der Waals surface area (Å²) in [6.07, 6.45) is 2.80. The van der Waals surface area contributed by atoms with Crippen LogP contribution in [0.4, 0.5) is 18.9 Å². The lowest BCUT2D eigenvalue weighted by molar-refractivity contribution is -0.133. The van der Waals surface area contributed by atoms with Gasteiger partial charge in [0.1, 0.15) is 0 Å². The van der Waals surface area contributed by atoms with E-state index in [4.69, 9.17) is 33.1 Å². The van der Waals surface area contributed by atoms with Crippen LogP contribution in [0.15, 0.2) is 36.5 Å². The predicted octanol–water partition coefficient (Wildman–Crippen LogP) is 4.37. The molecule has 12 nitrogen and oxygen atoms in total. The molecule has 0 spiro atoms. The Morgan fingerprint density at radius 3 is 2.45 bits per heavy atom. The number of amides is 3. The zero-order chi connectivity index (χ0) is 34.2. The van der Waals surface area contributed by atoms with E-state index in [-0.39, 0.29) is 46.0 Å². The Morgan fingerprint density at radius 2 is 1.83 bits per heavy atom. The third-order valence-electron chi connectivity index (χ3n) is 7.73. The van der Waals surface area contributed by atoms with Crippen LogP contribution < -0.4 is 15.4 Å². The summed E-state index contributed by atoms with van der Waals surface area (Å²) in [5.41, 5.74) is 0.924. The summed E-state index contributed by atoms with van der Waals surface area (Å²) < 4.78 is 45.0. The minimum atomic E-state index is -3.23. The van der Waals surface area contributed by atoms with Crippen molar-refractivity contribution < 1.29 is 42.2 Å². The van der Waals surface area contributed by atoms with Gasteiger partial charge in [-0.2, -0.15) is 8.78 Å². The van der Waals surface area contributed by atoms with E-state index in [0.717, 1.165) is 25.6 Å². The third-order valence-corrected chi connectivity index (χ3v) is 8.42. The van der Waals surface area contributed by atoms with E-state index in [9.17, 15) is 27.6 Å². The fourth-order valence-corrected chi connectivity index (χ4v) is 5.85. The highest BCUT2D eigenvalue weighted by Crippen LogP contribution is 2.35. The van der Waals surface area contributed by atoms with E-state index in [0.29, 0.717) is 44.2 Å². The highest BCUT2D eigenvalue weighted by atomic mass is 35.5. The highest BCUT2D eigenvalue weighted by molar-refractivity contribution is 6.34. The smallest absolute Gasteiger partial charge is 0.387 e. The van der Waals surface area contributed by atoms with Gasteiger partial charge in [0.15, 0.2) is 17.4 Å². The Balaban J connectivity index is 0.00000160. The lowest BCUT2D eigenvalue weighted by Gasteiger charge is -2.35. The van der Waals surface area contributed by atoms with Crippen molar-refractivity contribution in [1.82, 2.24) is 24.7 Å². The SMILES string of the molecule is Cn1c(-c2ccc(OC(F)F)c(F)c2Cl)cnc1C(=O)Nc1ccc(C(=O)N2CCN(C(=O)C[C@@H]3CCNC3)CC2)c(Cl)c1.O=CO. The molecule has 1 aromatic heterocycles. The number of benzene rings is 2. The van der Waals surface area contributed by atoms with E-state index in [1.165, 1.54) is 42.1 Å². The molecule has 2 aromatic carbocycles. The standard InChI is InChI=1S/C29H29Cl2F3N6O4.CH2O2/c1-38-21(19-4-5-22(44-29(33)34)25(32)24(19)31)15-36-26(38)27(42)37-17-2-3-18(20(30)13-17)28(43)40-10-8-39(9-11-40)23(41)12-16-6-7-35-14-16;2-1-3/h2-5,13,15-16,29,35H,6-12,14H2,1H3,(H,37,42);1H,(H,2,3)/t16-;/m0./s1.